The first kappa shape index (κ1) is 32.0. The number of allylic oxidation sites excluding steroid dienone is 3. The van der Waals surface area contributed by atoms with E-state index in [2.05, 4.69) is 92.5 Å². The fraction of sp³-hybridized carbons (Fsp3) is 0.286. The molecule has 0 amide bonds. The van der Waals surface area contributed by atoms with Crippen LogP contribution in [0.15, 0.2) is 111 Å². The van der Waals surface area contributed by atoms with Crippen molar-refractivity contribution in [3.05, 3.63) is 127 Å². The molecule has 0 bridgehead atoms. The van der Waals surface area contributed by atoms with Gasteiger partial charge in [0.25, 0.3) is 0 Å². The Morgan fingerprint density at radius 3 is 1.27 bits per heavy atom. The summed E-state index contributed by atoms with van der Waals surface area (Å²) in [5, 5.41) is 0. The minimum absolute atomic E-state index is 0.0939. The van der Waals surface area contributed by atoms with Crippen molar-refractivity contribution >= 4 is 0 Å². The molecule has 48 heavy (non-hydrogen) atoms. The van der Waals surface area contributed by atoms with E-state index in [1.54, 1.807) is 0 Å². The number of rotatable bonds is 17. The van der Waals surface area contributed by atoms with Crippen LogP contribution in [-0.4, -0.2) is 58.0 Å². The summed E-state index contributed by atoms with van der Waals surface area (Å²) in [6.07, 6.45) is 8.35. The molecule has 2 atom stereocenters. The smallest absolute Gasteiger partial charge is 0.145 e. The van der Waals surface area contributed by atoms with E-state index in [0.29, 0.717) is 45.7 Å². The first-order valence-corrected chi connectivity index (χ1v) is 16.7. The highest BCUT2D eigenvalue weighted by Gasteiger charge is 2.25. The Kier molecular flexibility index (Phi) is 9.75. The topological polar surface area (TPSA) is 62.0 Å². The van der Waals surface area contributed by atoms with Crippen molar-refractivity contribution in [2.45, 2.75) is 37.6 Å². The van der Waals surface area contributed by atoms with Gasteiger partial charge in [0, 0.05) is 0 Å². The third-order valence-electron chi connectivity index (χ3n) is 8.76. The normalized spacial score (nSPS) is 18.0. The first-order valence-electron chi connectivity index (χ1n) is 16.7. The Hall–Kier alpha value is -4.62. The molecule has 0 aliphatic carbocycles. The quantitative estimate of drug-likeness (QED) is 0.0855. The van der Waals surface area contributed by atoms with Crippen LogP contribution >= 0.6 is 0 Å². The van der Waals surface area contributed by atoms with E-state index >= 15 is 0 Å². The second-order valence-electron chi connectivity index (χ2n) is 12.6. The highest BCUT2D eigenvalue weighted by Crippen LogP contribution is 2.38. The van der Waals surface area contributed by atoms with Crippen molar-refractivity contribution in [3.63, 3.8) is 0 Å². The first-order chi connectivity index (χ1) is 23.6. The molecule has 7 rings (SSSR count). The van der Waals surface area contributed by atoms with E-state index in [-0.39, 0.29) is 18.3 Å². The van der Waals surface area contributed by atoms with Crippen molar-refractivity contribution in [2.24, 2.45) is 0 Å². The second-order valence-corrected chi connectivity index (χ2v) is 12.6. The van der Waals surface area contributed by atoms with E-state index in [0.717, 1.165) is 80.5 Å². The molecular formula is C42H42O6. The van der Waals surface area contributed by atoms with E-state index in [1.807, 2.05) is 18.2 Å². The Morgan fingerprint density at radius 2 is 0.917 bits per heavy atom. The van der Waals surface area contributed by atoms with Gasteiger partial charge in [-0.3, -0.25) is 0 Å². The number of hydrogen-bond acceptors (Lipinski definition) is 6. The Bertz CT molecular complexity index is 1700. The van der Waals surface area contributed by atoms with Crippen molar-refractivity contribution in [3.8, 4) is 50.6 Å². The maximum absolute atomic E-state index is 6.25. The summed E-state index contributed by atoms with van der Waals surface area (Å²) in [6.45, 7) is 15.9. The average Bonchev–Trinajstić information content (AvgIpc) is 4.02. The lowest BCUT2D eigenvalue weighted by Gasteiger charge is -2.28. The molecule has 0 radical (unpaired) electrons. The summed E-state index contributed by atoms with van der Waals surface area (Å²) in [7, 11) is 0. The fourth-order valence-electron chi connectivity index (χ4n) is 5.90. The van der Waals surface area contributed by atoms with Gasteiger partial charge < -0.3 is 28.4 Å². The van der Waals surface area contributed by atoms with Crippen LogP contribution in [0.3, 0.4) is 0 Å². The standard InChI is InChI=1S/C42H42O6/c1-4-7-31-16-28(10-13-40(31)46-26-37-24-44-37)34-19-35(29-11-14-41(32(17-29)8-5-2)47-27-38-25-45-38)21-36(20-34)30-12-15-42(33(18-30)9-6-3)48-39-22-43-23-39/h4-6,10-21,37-39H,1-3,7-9,22-27H2. The van der Waals surface area contributed by atoms with Gasteiger partial charge in [0.1, 0.15) is 48.8 Å². The third kappa shape index (κ3) is 7.74. The SMILES string of the molecule is C=CCc1cc(-c2cc(-c3ccc(OCC4CO4)c(CC=C)c3)cc(-c3ccc(OC4COC4)c(CC=C)c3)c2)ccc1OCC1CO1. The molecule has 3 saturated heterocycles. The van der Waals surface area contributed by atoms with Gasteiger partial charge >= 0.3 is 0 Å². The van der Waals surface area contributed by atoms with Gasteiger partial charge in [-0.2, -0.15) is 0 Å². The highest BCUT2D eigenvalue weighted by atomic mass is 16.6. The predicted molar refractivity (Wildman–Crippen MR) is 190 cm³/mol. The molecule has 3 heterocycles. The summed E-state index contributed by atoms with van der Waals surface area (Å²) >= 11 is 0. The molecule has 3 aliphatic heterocycles. The van der Waals surface area contributed by atoms with Crippen LogP contribution in [0.2, 0.25) is 0 Å². The lowest BCUT2D eigenvalue weighted by molar-refractivity contribution is -0.0799. The van der Waals surface area contributed by atoms with Crippen molar-refractivity contribution in [2.75, 3.05) is 39.6 Å². The molecule has 4 aromatic carbocycles. The molecule has 246 valence electrons. The number of ether oxygens (including phenoxy) is 6. The molecule has 6 nitrogen and oxygen atoms in total. The summed E-state index contributed by atoms with van der Waals surface area (Å²) < 4.78 is 34.6. The van der Waals surface area contributed by atoms with Crippen molar-refractivity contribution in [1.82, 2.24) is 0 Å². The van der Waals surface area contributed by atoms with Gasteiger partial charge in [0.05, 0.1) is 26.4 Å². The molecule has 2 unspecified atom stereocenters. The number of epoxide rings is 2. The van der Waals surface area contributed by atoms with Crippen molar-refractivity contribution in [1.29, 1.82) is 0 Å². The fourth-order valence-corrected chi connectivity index (χ4v) is 5.90. The van der Waals surface area contributed by atoms with Crippen LogP contribution in [0.4, 0.5) is 0 Å². The maximum atomic E-state index is 6.25. The van der Waals surface area contributed by atoms with Gasteiger partial charge in [-0.1, -0.05) is 36.4 Å². The van der Waals surface area contributed by atoms with Crippen LogP contribution in [0.25, 0.3) is 33.4 Å². The zero-order valence-electron chi connectivity index (χ0n) is 27.3. The summed E-state index contributed by atoms with van der Waals surface area (Å²) in [6, 6.07) is 26.1. The Morgan fingerprint density at radius 1 is 0.521 bits per heavy atom. The molecule has 0 spiro atoms. The molecule has 4 aromatic rings. The van der Waals surface area contributed by atoms with Crippen LogP contribution in [0, 0.1) is 0 Å². The molecule has 0 N–H and O–H groups in total. The zero-order chi connectivity index (χ0) is 32.9. The predicted octanol–water partition coefficient (Wildman–Crippen LogP) is 8.21. The van der Waals surface area contributed by atoms with Crippen LogP contribution in [0.1, 0.15) is 16.7 Å². The van der Waals surface area contributed by atoms with Crippen LogP contribution < -0.4 is 14.2 Å². The summed E-state index contributed by atoms with van der Waals surface area (Å²) in [5.41, 5.74) is 9.95. The molecule has 6 heteroatoms. The summed E-state index contributed by atoms with van der Waals surface area (Å²) in [5.74, 6) is 2.62. The monoisotopic (exact) mass is 642 g/mol. The summed E-state index contributed by atoms with van der Waals surface area (Å²) in [4.78, 5) is 0. The molecule has 0 saturated carbocycles. The van der Waals surface area contributed by atoms with E-state index in [1.165, 1.54) is 0 Å². The zero-order valence-corrected chi connectivity index (χ0v) is 27.3. The Balaban J connectivity index is 1.30. The maximum Gasteiger partial charge on any atom is 0.145 e. The molecule has 0 aromatic heterocycles. The van der Waals surface area contributed by atoms with Gasteiger partial charge in [-0.25, -0.2) is 0 Å². The van der Waals surface area contributed by atoms with E-state index in [4.69, 9.17) is 28.4 Å². The lowest BCUT2D eigenvalue weighted by Crippen LogP contribution is -2.38. The highest BCUT2D eigenvalue weighted by molar-refractivity contribution is 5.82. The third-order valence-corrected chi connectivity index (χ3v) is 8.76. The van der Waals surface area contributed by atoms with Crippen LogP contribution in [-0.2, 0) is 33.5 Å². The van der Waals surface area contributed by atoms with E-state index < -0.39 is 0 Å². The molecule has 3 aliphatic rings. The number of hydrogen-bond donors (Lipinski definition) is 0. The minimum atomic E-state index is 0.0939. The van der Waals surface area contributed by atoms with Crippen molar-refractivity contribution < 1.29 is 28.4 Å². The van der Waals surface area contributed by atoms with Gasteiger partial charge in [-0.15, -0.1) is 19.7 Å². The molecular weight excluding hydrogens is 600 g/mol. The Labute approximate surface area is 283 Å². The van der Waals surface area contributed by atoms with Gasteiger partial charge in [-0.05, 0) is 124 Å². The lowest BCUT2D eigenvalue weighted by atomic mass is 9.91. The van der Waals surface area contributed by atoms with E-state index in [9.17, 15) is 0 Å². The molecule has 3 fully saturated rings. The van der Waals surface area contributed by atoms with Gasteiger partial charge in [0.15, 0.2) is 0 Å². The number of benzene rings is 4. The van der Waals surface area contributed by atoms with Crippen LogP contribution in [0.5, 0.6) is 17.2 Å². The average molecular weight is 643 g/mol. The van der Waals surface area contributed by atoms with Gasteiger partial charge in [0.2, 0.25) is 0 Å². The minimum Gasteiger partial charge on any atom is -0.490 e. The largest absolute Gasteiger partial charge is 0.490 e. The second kappa shape index (κ2) is 14.7.